The molecule has 1 rings (SSSR count). The van der Waals surface area contributed by atoms with Gasteiger partial charge >= 0.3 is 5.97 Å². The number of sulfone groups is 1. The zero-order valence-corrected chi connectivity index (χ0v) is 10.5. The van der Waals surface area contributed by atoms with Crippen molar-refractivity contribution in [1.29, 1.82) is 0 Å². The van der Waals surface area contributed by atoms with E-state index in [0.717, 1.165) is 6.42 Å². The molecule has 2 atom stereocenters. The van der Waals surface area contributed by atoms with E-state index in [2.05, 4.69) is 0 Å². The van der Waals surface area contributed by atoms with Crippen molar-refractivity contribution < 1.29 is 18.3 Å². The Morgan fingerprint density at radius 2 is 2.19 bits per heavy atom. The van der Waals surface area contributed by atoms with Gasteiger partial charge in [-0.3, -0.25) is 9.69 Å². The fraction of sp³-hybridized carbons (Fsp3) is 0.900. The van der Waals surface area contributed by atoms with Crippen molar-refractivity contribution in [1.82, 2.24) is 4.90 Å². The number of rotatable bonds is 5. The van der Waals surface area contributed by atoms with Crippen molar-refractivity contribution in [3.05, 3.63) is 0 Å². The molecule has 0 bridgehead atoms. The van der Waals surface area contributed by atoms with Gasteiger partial charge in [-0.1, -0.05) is 13.3 Å². The molecule has 16 heavy (non-hydrogen) atoms. The number of hydrogen-bond acceptors (Lipinski definition) is 4. The van der Waals surface area contributed by atoms with E-state index in [9.17, 15) is 13.2 Å². The van der Waals surface area contributed by atoms with Crippen molar-refractivity contribution in [3.63, 3.8) is 0 Å². The van der Waals surface area contributed by atoms with E-state index in [0.29, 0.717) is 12.8 Å². The van der Waals surface area contributed by atoms with Crippen LogP contribution < -0.4 is 0 Å². The Labute approximate surface area is 96.4 Å². The summed E-state index contributed by atoms with van der Waals surface area (Å²) in [4.78, 5) is 12.8. The molecule has 0 aromatic heterocycles. The fourth-order valence-electron chi connectivity index (χ4n) is 2.13. The van der Waals surface area contributed by atoms with Gasteiger partial charge in [0.25, 0.3) is 0 Å². The van der Waals surface area contributed by atoms with Gasteiger partial charge in [0.1, 0.15) is 6.04 Å². The average Bonchev–Trinajstić information content (AvgIpc) is 2.53. The van der Waals surface area contributed by atoms with Crippen LogP contribution in [-0.2, 0) is 14.6 Å². The number of likely N-dealkylation sites (N-methyl/N-ethyl adjacent to an activating group) is 1. The lowest BCUT2D eigenvalue weighted by Gasteiger charge is -2.29. The quantitative estimate of drug-likeness (QED) is 0.761. The van der Waals surface area contributed by atoms with Gasteiger partial charge < -0.3 is 5.11 Å². The zero-order chi connectivity index (χ0) is 12.3. The first kappa shape index (κ1) is 13.4. The number of carboxylic acids is 1. The molecule has 6 heteroatoms. The van der Waals surface area contributed by atoms with Crippen LogP contribution in [0.15, 0.2) is 0 Å². The highest BCUT2D eigenvalue weighted by atomic mass is 32.2. The summed E-state index contributed by atoms with van der Waals surface area (Å²) in [5, 5.41) is 9.07. The molecule has 94 valence electrons. The lowest BCUT2D eigenvalue weighted by atomic mass is 10.1. The molecule has 1 heterocycles. The molecule has 0 saturated carbocycles. The second kappa shape index (κ2) is 5.14. The Hall–Kier alpha value is -0.620. The molecule has 0 aromatic rings. The SMILES string of the molecule is CCCC(C(=O)O)N(C)C1CCS(=O)(=O)C1. The summed E-state index contributed by atoms with van der Waals surface area (Å²) >= 11 is 0. The molecule has 1 N–H and O–H groups in total. The van der Waals surface area contributed by atoms with Crippen LogP contribution in [0.4, 0.5) is 0 Å². The number of carboxylic acid groups (broad SMARTS) is 1. The smallest absolute Gasteiger partial charge is 0.320 e. The van der Waals surface area contributed by atoms with Crippen LogP contribution in [-0.4, -0.2) is 55.0 Å². The molecule has 1 aliphatic heterocycles. The van der Waals surface area contributed by atoms with E-state index in [-0.39, 0.29) is 17.5 Å². The topological polar surface area (TPSA) is 74.7 Å². The molecule has 1 fully saturated rings. The molecule has 0 aromatic carbocycles. The lowest BCUT2D eigenvalue weighted by Crippen LogP contribution is -2.45. The van der Waals surface area contributed by atoms with Crippen molar-refractivity contribution >= 4 is 15.8 Å². The normalized spacial score (nSPS) is 25.8. The van der Waals surface area contributed by atoms with E-state index in [1.165, 1.54) is 0 Å². The third-order valence-corrected chi connectivity index (χ3v) is 4.87. The second-order valence-corrected chi connectivity index (χ2v) is 6.59. The van der Waals surface area contributed by atoms with Gasteiger partial charge in [-0.25, -0.2) is 8.42 Å². The standard InChI is InChI=1S/C10H19NO4S/c1-3-4-9(10(12)13)11(2)8-5-6-16(14,15)7-8/h8-9H,3-7H2,1-2H3,(H,12,13). The average molecular weight is 249 g/mol. The number of carbonyl (C=O) groups is 1. The minimum absolute atomic E-state index is 0.0942. The van der Waals surface area contributed by atoms with Gasteiger partial charge in [0.2, 0.25) is 0 Å². The molecular weight excluding hydrogens is 230 g/mol. The first-order valence-corrected chi connectivity index (χ1v) is 7.34. The lowest BCUT2D eigenvalue weighted by molar-refractivity contribution is -0.143. The molecule has 1 aliphatic rings. The largest absolute Gasteiger partial charge is 0.480 e. The Bertz CT molecular complexity index is 352. The van der Waals surface area contributed by atoms with Crippen molar-refractivity contribution in [2.75, 3.05) is 18.6 Å². The van der Waals surface area contributed by atoms with E-state index in [1.54, 1.807) is 11.9 Å². The minimum Gasteiger partial charge on any atom is -0.480 e. The Morgan fingerprint density at radius 3 is 2.56 bits per heavy atom. The third kappa shape index (κ3) is 3.18. The van der Waals surface area contributed by atoms with Crippen molar-refractivity contribution in [3.8, 4) is 0 Å². The molecule has 0 amide bonds. The van der Waals surface area contributed by atoms with E-state index in [4.69, 9.17) is 5.11 Å². The van der Waals surface area contributed by atoms with Crippen LogP contribution in [0.1, 0.15) is 26.2 Å². The predicted molar refractivity (Wildman–Crippen MR) is 61.2 cm³/mol. The summed E-state index contributed by atoms with van der Waals surface area (Å²) in [5.41, 5.74) is 0. The highest BCUT2D eigenvalue weighted by Crippen LogP contribution is 2.20. The zero-order valence-electron chi connectivity index (χ0n) is 9.72. The fourth-order valence-corrected chi connectivity index (χ4v) is 3.91. The van der Waals surface area contributed by atoms with Crippen LogP contribution in [0.25, 0.3) is 0 Å². The molecule has 0 aliphatic carbocycles. The molecule has 0 spiro atoms. The molecular formula is C10H19NO4S. The Balaban J connectivity index is 2.68. The second-order valence-electron chi connectivity index (χ2n) is 4.37. The Morgan fingerprint density at radius 1 is 1.56 bits per heavy atom. The molecule has 5 nitrogen and oxygen atoms in total. The van der Waals surface area contributed by atoms with Crippen molar-refractivity contribution in [2.24, 2.45) is 0 Å². The maximum atomic E-state index is 11.3. The van der Waals surface area contributed by atoms with Gasteiger partial charge in [0.15, 0.2) is 9.84 Å². The maximum absolute atomic E-state index is 11.3. The molecule has 1 saturated heterocycles. The first-order chi connectivity index (χ1) is 7.37. The summed E-state index contributed by atoms with van der Waals surface area (Å²) in [7, 11) is -1.24. The van der Waals surface area contributed by atoms with Crippen LogP contribution in [0.5, 0.6) is 0 Å². The van der Waals surface area contributed by atoms with E-state index >= 15 is 0 Å². The number of nitrogens with zero attached hydrogens (tertiary/aromatic N) is 1. The highest BCUT2D eigenvalue weighted by Gasteiger charge is 2.35. The van der Waals surface area contributed by atoms with Gasteiger partial charge in [-0.2, -0.15) is 0 Å². The Kier molecular flexibility index (Phi) is 4.32. The number of aliphatic carboxylic acids is 1. The van der Waals surface area contributed by atoms with Crippen LogP contribution in [0, 0.1) is 0 Å². The van der Waals surface area contributed by atoms with E-state index < -0.39 is 21.8 Å². The van der Waals surface area contributed by atoms with E-state index in [1.807, 2.05) is 6.92 Å². The van der Waals surface area contributed by atoms with Gasteiger partial charge in [0, 0.05) is 6.04 Å². The monoisotopic (exact) mass is 249 g/mol. The highest BCUT2D eigenvalue weighted by molar-refractivity contribution is 7.91. The van der Waals surface area contributed by atoms with Gasteiger partial charge in [-0.05, 0) is 19.9 Å². The van der Waals surface area contributed by atoms with Gasteiger partial charge in [0.05, 0.1) is 11.5 Å². The summed E-state index contributed by atoms with van der Waals surface area (Å²) in [6, 6.07) is -0.707. The molecule has 2 unspecified atom stereocenters. The first-order valence-electron chi connectivity index (χ1n) is 5.52. The van der Waals surface area contributed by atoms with Crippen LogP contribution in [0.3, 0.4) is 0 Å². The summed E-state index contributed by atoms with van der Waals surface area (Å²) in [5.74, 6) is -0.592. The summed E-state index contributed by atoms with van der Waals surface area (Å²) in [6.45, 7) is 1.93. The third-order valence-electron chi connectivity index (χ3n) is 3.12. The summed E-state index contributed by atoms with van der Waals surface area (Å²) in [6.07, 6.45) is 1.88. The number of hydrogen-bond donors (Lipinski definition) is 1. The molecule has 0 radical (unpaired) electrons. The predicted octanol–water partition coefficient (Wildman–Crippen LogP) is 0.359. The minimum atomic E-state index is -2.95. The van der Waals surface area contributed by atoms with Crippen LogP contribution >= 0.6 is 0 Å². The van der Waals surface area contributed by atoms with Crippen molar-refractivity contribution in [2.45, 2.75) is 38.3 Å². The van der Waals surface area contributed by atoms with Gasteiger partial charge in [-0.15, -0.1) is 0 Å². The maximum Gasteiger partial charge on any atom is 0.320 e. The summed E-state index contributed by atoms with van der Waals surface area (Å²) < 4.78 is 22.6. The van der Waals surface area contributed by atoms with Crippen LogP contribution in [0.2, 0.25) is 0 Å².